The van der Waals surface area contributed by atoms with Crippen molar-refractivity contribution in [2.45, 2.75) is 6.92 Å². The molecule has 1 aromatic rings. The van der Waals surface area contributed by atoms with Crippen molar-refractivity contribution in [1.82, 2.24) is 9.78 Å². The summed E-state index contributed by atoms with van der Waals surface area (Å²) in [5.74, 6) is 0.505. The monoisotopic (exact) mass is 168 g/mol. The van der Waals surface area contributed by atoms with Crippen molar-refractivity contribution >= 4 is 5.69 Å². The molecule has 0 fully saturated rings. The summed E-state index contributed by atoms with van der Waals surface area (Å²) in [6.45, 7) is 3.73. The van der Waals surface area contributed by atoms with Gasteiger partial charge in [-0.05, 0) is 12.5 Å². The third kappa shape index (κ3) is 2.54. The van der Waals surface area contributed by atoms with Crippen LogP contribution in [0.15, 0.2) is 12.4 Å². The highest BCUT2D eigenvalue weighted by Gasteiger charge is 1.99. The maximum atomic E-state index is 5.48. The van der Waals surface area contributed by atoms with Gasteiger partial charge in [0.05, 0.1) is 11.9 Å². The first-order valence-corrected chi connectivity index (χ1v) is 4.15. The lowest BCUT2D eigenvalue weighted by Crippen LogP contribution is -2.19. The fourth-order valence-corrected chi connectivity index (χ4v) is 0.888. The molecule has 0 saturated heterocycles. The predicted molar refractivity (Wildman–Crippen MR) is 49.9 cm³/mol. The highest BCUT2D eigenvalue weighted by atomic mass is 15.3. The van der Waals surface area contributed by atoms with Crippen molar-refractivity contribution in [1.29, 1.82) is 0 Å². The van der Waals surface area contributed by atoms with Gasteiger partial charge < -0.3 is 11.1 Å². The number of aromatic nitrogens is 2. The van der Waals surface area contributed by atoms with E-state index in [4.69, 9.17) is 5.73 Å². The molecule has 1 heterocycles. The van der Waals surface area contributed by atoms with E-state index in [0.717, 1.165) is 12.2 Å². The Balaban J connectivity index is 2.33. The van der Waals surface area contributed by atoms with E-state index < -0.39 is 0 Å². The molecule has 1 aromatic heterocycles. The molecule has 3 N–H and O–H groups in total. The van der Waals surface area contributed by atoms with Gasteiger partial charge in [0.1, 0.15) is 0 Å². The maximum absolute atomic E-state index is 5.48. The smallest absolute Gasteiger partial charge is 0.0726 e. The zero-order chi connectivity index (χ0) is 8.97. The van der Waals surface area contributed by atoms with Crippen LogP contribution in [0.2, 0.25) is 0 Å². The highest BCUT2D eigenvalue weighted by Crippen LogP contribution is 2.04. The first kappa shape index (κ1) is 9.06. The van der Waals surface area contributed by atoms with Gasteiger partial charge in [-0.1, -0.05) is 6.92 Å². The summed E-state index contributed by atoms with van der Waals surface area (Å²) in [5.41, 5.74) is 6.53. The quantitative estimate of drug-likeness (QED) is 0.685. The summed E-state index contributed by atoms with van der Waals surface area (Å²) >= 11 is 0. The average molecular weight is 168 g/mol. The van der Waals surface area contributed by atoms with Crippen LogP contribution in [0.3, 0.4) is 0 Å². The van der Waals surface area contributed by atoms with Crippen LogP contribution in [0, 0.1) is 5.92 Å². The lowest BCUT2D eigenvalue weighted by molar-refractivity contribution is 0.628. The van der Waals surface area contributed by atoms with E-state index in [1.54, 1.807) is 4.68 Å². The summed E-state index contributed by atoms with van der Waals surface area (Å²) in [5, 5.41) is 7.30. The van der Waals surface area contributed by atoms with Crippen LogP contribution in [-0.2, 0) is 7.05 Å². The molecule has 12 heavy (non-hydrogen) atoms. The number of nitrogens with one attached hydrogen (secondary N) is 1. The van der Waals surface area contributed by atoms with Crippen LogP contribution in [-0.4, -0.2) is 22.9 Å². The fourth-order valence-electron chi connectivity index (χ4n) is 0.888. The summed E-state index contributed by atoms with van der Waals surface area (Å²) in [6, 6.07) is 0. The molecule has 0 aliphatic carbocycles. The molecule has 1 atom stereocenters. The van der Waals surface area contributed by atoms with Crippen LogP contribution in [0.5, 0.6) is 0 Å². The van der Waals surface area contributed by atoms with Crippen molar-refractivity contribution < 1.29 is 0 Å². The molecule has 4 heteroatoms. The normalized spacial score (nSPS) is 12.9. The van der Waals surface area contributed by atoms with Crippen molar-refractivity contribution in [3.8, 4) is 0 Å². The zero-order valence-corrected chi connectivity index (χ0v) is 7.62. The van der Waals surface area contributed by atoms with Gasteiger partial charge in [-0.2, -0.15) is 5.10 Å². The molecule has 0 amide bonds. The Morgan fingerprint density at radius 2 is 2.50 bits per heavy atom. The molecule has 0 aromatic carbocycles. The number of hydrogen-bond donors (Lipinski definition) is 2. The van der Waals surface area contributed by atoms with Crippen molar-refractivity contribution in [2.75, 3.05) is 18.4 Å². The molecule has 0 radical (unpaired) electrons. The second-order valence-electron chi connectivity index (χ2n) is 3.12. The van der Waals surface area contributed by atoms with Gasteiger partial charge in [-0.25, -0.2) is 0 Å². The van der Waals surface area contributed by atoms with Gasteiger partial charge in [-0.3, -0.25) is 4.68 Å². The average Bonchev–Trinajstić information content (AvgIpc) is 2.47. The molecule has 4 nitrogen and oxygen atoms in total. The van der Waals surface area contributed by atoms with Crippen LogP contribution in [0.1, 0.15) is 6.92 Å². The second kappa shape index (κ2) is 4.11. The van der Waals surface area contributed by atoms with E-state index in [0.29, 0.717) is 12.5 Å². The van der Waals surface area contributed by atoms with Crippen molar-refractivity contribution in [3.63, 3.8) is 0 Å². The molecule has 0 saturated carbocycles. The highest BCUT2D eigenvalue weighted by molar-refractivity contribution is 5.37. The first-order chi connectivity index (χ1) is 5.72. The predicted octanol–water partition coefficient (Wildman–Crippen LogP) is 0.427. The lowest BCUT2D eigenvalue weighted by Gasteiger charge is -2.08. The van der Waals surface area contributed by atoms with Crippen LogP contribution in [0.25, 0.3) is 0 Å². The Morgan fingerprint density at radius 1 is 1.75 bits per heavy atom. The number of aryl methyl sites for hydroxylation is 1. The Labute approximate surface area is 72.8 Å². The van der Waals surface area contributed by atoms with E-state index >= 15 is 0 Å². The minimum atomic E-state index is 0.505. The molecule has 0 aliphatic rings. The summed E-state index contributed by atoms with van der Waals surface area (Å²) in [7, 11) is 1.90. The van der Waals surface area contributed by atoms with E-state index in [2.05, 4.69) is 17.3 Å². The van der Waals surface area contributed by atoms with Crippen LogP contribution < -0.4 is 11.1 Å². The minimum absolute atomic E-state index is 0.505. The van der Waals surface area contributed by atoms with Crippen molar-refractivity contribution in [3.05, 3.63) is 12.4 Å². The standard InChI is InChI=1S/C8H16N4/c1-7(3-9)4-10-8-5-11-12(2)6-8/h5-7,10H,3-4,9H2,1-2H3. The van der Waals surface area contributed by atoms with E-state index in [9.17, 15) is 0 Å². The largest absolute Gasteiger partial charge is 0.382 e. The second-order valence-corrected chi connectivity index (χ2v) is 3.12. The van der Waals surface area contributed by atoms with Gasteiger partial charge in [-0.15, -0.1) is 0 Å². The topological polar surface area (TPSA) is 55.9 Å². The van der Waals surface area contributed by atoms with Crippen molar-refractivity contribution in [2.24, 2.45) is 18.7 Å². The molecule has 1 unspecified atom stereocenters. The van der Waals surface area contributed by atoms with Gasteiger partial charge in [0.2, 0.25) is 0 Å². The summed E-state index contributed by atoms with van der Waals surface area (Å²) < 4.78 is 1.77. The minimum Gasteiger partial charge on any atom is -0.382 e. The summed E-state index contributed by atoms with van der Waals surface area (Å²) in [6.07, 6.45) is 3.76. The number of nitrogens with zero attached hydrogens (tertiary/aromatic N) is 2. The number of rotatable bonds is 4. The van der Waals surface area contributed by atoms with Gasteiger partial charge in [0.25, 0.3) is 0 Å². The van der Waals surface area contributed by atoms with E-state index in [1.807, 2.05) is 19.4 Å². The third-order valence-corrected chi connectivity index (χ3v) is 1.76. The molecule has 1 rings (SSSR count). The molecular formula is C8H16N4. The SMILES string of the molecule is CC(CN)CNc1cnn(C)c1. The van der Waals surface area contributed by atoms with Gasteiger partial charge >= 0.3 is 0 Å². The molecule has 0 aliphatic heterocycles. The van der Waals surface area contributed by atoms with Gasteiger partial charge in [0.15, 0.2) is 0 Å². The number of nitrogens with two attached hydrogens (primary N) is 1. The molecule has 0 spiro atoms. The fraction of sp³-hybridized carbons (Fsp3) is 0.625. The zero-order valence-electron chi connectivity index (χ0n) is 7.62. The molecular weight excluding hydrogens is 152 g/mol. The maximum Gasteiger partial charge on any atom is 0.0726 e. The van der Waals surface area contributed by atoms with E-state index in [1.165, 1.54) is 0 Å². The Kier molecular flexibility index (Phi) is 3.10. The molecule has 0 bridgehead atoms. The lowest BCUT2D eigenvalue weighted by atomic mass is 10.2. The Hall–Kier alpha value is -1.03. The first-order valence-electron chi connectivity index (χ1n) is 4.15. The number of anilines is 1. The third-order valence-electron chi connectivity index (χ3n) is 1.76. The molecule has 68 valence electrons. The van der Waals surface area contributed by atoms with E-state index in [-0.39, 0.29) is 0 Å². The van der Waals surface area contributed by atoms with Crippen LogP contribution in [0.4, 0.5) is 5.69 Å². The number of hydrogen-bond acceptors (Lipinski definition) is 3. The van der Waals surface area contributed by atoms with Gasteiger partial charge in [0, 0.05) is 19.8 Å². The Morgan fingerprint density at radius 3 is 3.00 bits per heavy atom. The Bertz CT molecular complexity index is 231. The summed E-state index contributed by atoms with van der Waals surface area (Å²) in [4.78, 5) is 0. The van der Waals surface area contributed by atoms with Crippen LogP contribution >= 0.6 is 0 Å².